The predicted molar refractivity (Wildman–Crippen MR) is 121 cm³/mol. The highest BCUT2D eigenvalue weighted by Crippen LogP contribution is 2.16. The zero-order valence-corrected chi connectivity index (χ0v) is 18.1. The van der Waals surface area contributed by atoms with Crippen molar-refractivity contribution in [2.45, 2.75) is 32.3 Å². The molecule has 7 heteroatoms. The normalized spacial score (nSPS) is 12.0. The van der Waals surface area contributed by atoms with Crippen molar-refractivity contribution in [2.75, 3.05) is 0 Å². The van der Waals surface area contributed by atoms with Gasteiger partial charge in [-0.05, 0) is 36.2 Å². The van der Waals surface area contributed by atoms with Crippen LogP contribution in [0.4, 0.5) is 4.79 Å². The van der Waals surface area contributed by atoms with E-state index in [1.165, 1.54) is 0 Å². The lowest BCUT2D eigenvalue weighted by Crippen LogP contribution is -2.50. The van der Waals surface area contributed by atoms with Gasteiger partial charge in [-0.15, -0.1) is 0 Å². The average molecular weight is 444 g/mol. The number of carbonyl (C=O) groups excluding carboxylic acids is 2. The van der Waals surface area contributed by atoms with E-state index in [4.69, 9.17) is 19.5 Å². The van der Waals surface area contributed by atoms with Gasteiger partial charge in [0.25, 0.3) is 0 Å². The first kappa shape index (κ1) is 23.4. The molecule has 0 saturated heterocycles. The minimum absolute atomic E-state index is 0.0492. The average Bonchev–Trinajstić information content (AvgIpc) is 2.86. The van der Waals surface area contributed by atoms with Crippen LogP contribution in [0.1, 0.15) is 23.6 Å². The Morgan fingerprint density at radius 2 is 1.48 bits per heavy atom. The molecule has 33 heavy (non-hydrogen) atoms. The summed E-state index contributed by atoms with van der Waals surface area (Å²) < 4.78 is 16.5. The second kappa shape index (κ2) is 11.9. The summed E-state index contributed by atoms with van der Waals surface area (Å²) in [6.45, 7) is 1.73. The van der Waals surface area contributed by atoms with E-state index in [2.05, 4.69) is 5.32 Å². The number of carbonyl (C=O) groups is 2. The minimum Gasteiger partial charge on any atom is -0.488 e. The fourth-order valence-corrected chi connectivity index (χ4v) is 3.00. The molecule has 0 radical (unpaired) electrons. The van der Waals surface area contributed by atoms with Crippen LogP contribution >= 0.6 is 0 Å². The molecule has 0 fully saturated rings. The number of alkyl carbamates (subject to hydrolysis) is 1. The number of nitriles is 1. The predicted octanol–water partition coefficient (Wildman–Crippen LogP) is 4.36. The highest BCUT2D eigenvalue weighted by Gasteiger charge is 2.31. The van der Waals surface area contributed by atoms with E-state index in [0.29, 0.717) is 11.3 Å². The molecular formula is C26H24N2O5. The van der Waals surface area contributed by atoms with Crippen LogP contribution in [0.15, 0.2) is 84.9 Å². The van der Waals surface area contributed by atoms with Gasteiger partial charge in [0, 0.05) is 0 Å². The molecule has 2 atom stereocenters. The molecule has 3 aromatic carbocycles. The standard InChI is InChI=1S/C26H24N2O5/c1-19(33-23-14-8-13-22(15-23)16-27)24(25(29)31-17-20-9-4-2-5-10-20)28-26(30)32-18-21-11-6-3-7-12-21/h2-15,19,24H,17-18H2,1H3,(H,28,30)/t19-,24+/m1/s1. The van der Waals surface area contributed by atoms with Gasteiger partial charge >= 0.3 is 12.1 Å². The van der Waals surface area contributed by atoms with Crippen molar-refractivity contribution < 1.29 is 23.8 Å². The molecule has 0 aliphatic rings. The van der Waals surface area contributed by atoms with Crippen LogP contribution in [0.3, 0.4) is 0 Å². The highest BCUT2D eigenvalue weighted by atomic mass is 16.6. The molecule has 0 bridgehead atoms. The second-order valence-electron chi connectivity index (χ2n) is 7.24. The number of ether oxygens (including phenoxy) is 3. The molecular weight excluding hydrogens is 420 g/mol. The first-order valence-electron chi connectivity index (χ1n) is 10.4. The molecule has 3 rings (SSSR count). The van der Waals surface area contributed by atoms with E-state index in [0.717, 1.165) is 11.1 Å². The molecule has 0 aromatic heterocycles. The quantitative estimate of drug-likeness (QED) is 0.493. The van der Waals surface area contributed by atoms with Crippen LogP contribution in [0.25, 0.3) is 0 Å². The van der Waals surface area contributed by atoms with Crippen LogP contribution in [0.2, 0.25) is 0 Å². The Labute approximate surface area is 192 Å². The van der Waals surface area contributed by atoms with Crippen LogP contribution in [-0.2, 0) is 27.5 Å². The SMILES string of the molecule is C[C@@H](Oc1cccc(C#N)c1)[C@H](NC(=O)OCc1ccccc1)C(=O)OCc1ccccc1. The molecule has 0 spiro atoms. The summed E-state index contributed by atoms with van der Waals surface area (Å²) in [4.78, 5) is 25.3. The highest BCUT2D eigenvalue weighted by molar-refractivity contribution is 5.82. The van der Waals surface area contributed by atoms with E-state index < -0.39 is 24.2 Å². The molecule has 0 saturated carbocycles. The van der Waals surface area contributed by atoms with E-state index in [-0.39, 0.29) is 13.2 Å². The molecule has 3 aromatic rings. The van der Waals surface area contributed by atoms with Gasteiger partial charge in [-0.2, -0.15) is 5.26 Å². The van der Waals surface area contributed by atoms with Gasteiger partial charge in [0.2, 0.25) is 0 Å². The Balaban J connectivity index is 1.67. The smallest absolute Gasteiger partial charge is 0.408 e. The number of rotatable bonds is 9. The third-order valence-corrected chi connectivity index (χ3v) is 4.72. The summed E-state index contributed by atoms with van der Waals surface area (Å²) >= 11 is 0. The van der Waals surface area contributed by atoms with E-state index in [1.807, 2.05) is 66.7 Å². The molecule has 0 aliphatic heterocycles. The van der Waals surface area contributed by atoms with Crippen molar-refractivity contribution in [2.24, 2.45) is 0 Å². The van der Waals surface area contributed by atoms with Gasteiger partial charge < -0.3 is 19.5 Å². The number of hydrogen-bond acceptors (Lipinski definition) is 6. The third-order valence-electron chi connectivity index (χ3n) is 4.72. The van der Waals surface area contributed by atoms with Crippen molar-refractivity contribution in [3.8, 4) is 11.8 Å². The number of hydrogen-bond donors (Lipinski definition) is 1. The van der Waals surface area contributed by atoms with Crippen molar-refractivity contribution >= 4 is 12.1 Å². The number of esters is 1. The molecule has 1 amide bonds. The van der Waals surface area contributed by atoms with E-state index in [9.17, 15) is 9.59 Å². The van der Waals surface area contributed by atoms with Gasteiger partial charge in [0.15, 0.2) is 6.04 Å². The molecule has 0 unspecified atom stereocenters. The van der Waals surface area contributed by atoms with E-state index >= 15 is 0 Å². The summed E-state index contributed by atoms with van der Waals surface area (Å²) in [5.41, 5.74) is 2.04. The number of nitrogens with one attached hydrogen (secondary N) is 1. The summed E-state index contributed by atoms with van der Waals surface area (Å²) in [5.74, 6) is -0.277. The lowest BCUT2D eigenvalue weighted by Gasteiger charge is -2.24. The first-order chi connectivity index (χ1) is 16.0. The van der Waals surface area contributed by atoms with Gasteiger partial charge in [0.05, 0.1) is 11.6 Å². The molecule has 0 aliphatic carbocycles. The maximum absolute atomic E-state index is 12.9. The van der Waals surface area contributed by atoms with Crippen molar-refractivity contribution in [1.82, 2.24) is 5.32 Å². The number of amides is 1. The van der Waals surface area contributed by atoms with Crippen molar-refractivity contribution in [1.29, 1.82) is 5.26 Å². The fraction of sp³-hybridized carbons (Fsp3) is 0.192. The van der Waals surface area contributed by atoms with Crippen molar-refractivity contribution in [3.05, 3.63) is 102 Å². The summed E-state index contributed by atoms with van der Waals surface area (Å²) in [6, 6.07) is 25.8. The maximum atomic E-state index is 12.9. The van der Waals surface area contributed by atoms with Gasteiger partial charge in [0.1, 0.15) is 25.1 Å². The van der Waals surface area contributed by atoms with Crippen molar-refractivity contribution in [3.63, 3.8) is 0 Å². The maximum Gasteiger partial charge on any atom is 0.408 e. The minimum atomic E-state index is -1.14. The van der Waals surface area contributed by atoms with Crippen LogP contribution in [-0.4, -0.2) is 24.2 Å². The molecule has 168 valence electrons. The largest absolute Gasteiger partial charge is 0.488 e. The van der Waals surface area contributed by atoms with Crippen LogP contribution < -0.4 is 10.1 Å². The Morgan fingerprint density at radius 1 is 0.879 bits per heavy atom. The lowest BCUT2D eigenvalue weighted by atomic mass is 10.1. The summed E-state index contributed by atoms with van der Waals surface area (Å²) in [6.07, 6.45) is -1.58. The Kier molecular flexibility index (Phi) is 8.43. The summed E-state index contributed by atoms with van der Waals surface area (Å²) in [7, 11) is 0. The van der Waals surface area contributed by atoms with Gasteiger partial charge in [-0.1, -0.05) is 66.7 Å². The number of nitrogens with zero attached hydrogens (tertiary/aromatic N) is 1. The Bertz CT molecular complexity index is 1100. The third kappa shape index (κ3) is 7.40. The van der Waals surface area contributed by atoms with Gasteiger partial charge in [-0.25, -0.2) is 9.59 Å². The monoisotopic (exact) mass is 444 g/mol. The molecule has 7 nitrogen and oxygen atoms in total. The Morgan fingerprint density at radius 3 is 2.09 bits per heavy atom. The molecule has 0 heterocycles. The topological polar surface area (TPSA) is 97.6 Å². The fourth-order valence-electron chi connectivity index (χ4n) is 3.00. The second-order valence-corrected chi connectivity index (χ2v) is 7.24. The van der Waals surface area contributed by atoms with Crippen LogP contribution in [0.5, 0.6) is 5.75 Å². The van der Waals surface area contributed by atoms with Crippen LogP contribution in [0, 0.1) is 11.3 Å². The zero-order valence-electron chi connectivity index (χ0n) is 18.1. The Hall–Kier alpha value is -4.31. The lowest BCUT2D eigenvalue weighted by molar-refractivity contribution is -0.149. The molecule has 1 N–H and O–H groups in total. The van der Waals surface area contributed by atoms with E-state index in [1.54, 1.807) is 31.2 Å². The first-order valence-corrected chi connectivity index (χ1v) is 10.4. The zero-order chi connectivity index (χ0) is 23.5. The number of benzene rings is 3. The summed E-state index contributed by atoms with van der Waals surface area (Å²) in [5, 5.41) is 11.6. The van der Waals surface area contributed by atoms with Gasteiger partial charge in [-0.3, -0.25) is 0 Å².